The zero-order valence-corrected chi connectivity index (χ0v) is 13.5. The second kappa shape index (κ2) is 6.58. The van der Waals surface area contributed by atoms with Crippen molar-refractivity contribution >= 4 is 11.3 Å². The Morgan fingerprint density at radius 1 is 1.48 bits per heavy atom. The molecule has 1 aliphatic rings. The Bertz CT molecular complexity index is 582. The van der Waals surface area contributed by atoms with E-state index in [4.69, 9.17) is 4.74 Å². The van der Waals surface area contributed by atoms with Crippen LogP contribution < -0.4 is 10.1 Å². The van der Waals surface area contributed by atoms with Crippen molar-refractivity contribution in [1.29, 1.82) is 0 Å². The van der Waals surface area contributed by atoms with Crippen LogP contribution >= 0.6 is 11.3 Å². The van der Waals surface area contributed by atoms with Gasteiger partial charge in [0, 0.05) is 30.1 Å². The molecule has 1 heterocycles. The number of thiazole rings is 1. The van der Waals surface area contributed by atoms with Crippen molar-refractivity contribution in [2.75, 3.05) is 13.7 Å². The summed E-state index contributed by atoms with van der Waals surface area (Å²) in [6, 6.07) is 6.94. The molecule has 21 heavy (non-hydrogen) atoms. The van der Waals surface area contributed by atoms with Crippen LogP contribution in [0.4, 0.5) is 0 Å². The van der Waals surface area contributed by atoms with E-state index >= 15 is 0 Å². The highest BCUT2D eigenvalue weighted by atomic mass is 32.1. The average molecular weight is 302 g/mol. The summed E-state index contributed by atoms with van der Waals surface area (Å²) in [5.74, 6) is 1.43. The second-order valence-electron chi connectivity index (χ2n) is 5.69. The first kappa shape index (κ1) is 14.5. The van der Waals surface area contributed by atoms with Gasteiger partial charge in [-0.1, -0.05) is 13.0 Å². The van der Waals surface area contributed by atoms with E-state index in [1.54, 1.807) is 18.4 Å². The maximum Gasteiger partial charge on any atom is 0.119 e. The van der Waals surface area contributed by atoms with Gasteiger partial charge < -0.3 is 10.1 Å². The van der Waals surface area contributed by atoms with Crippen LogP contribution in [0, 0.1) is 0 Å². The normalized spacial score (nSPS) is 19.0. The summed E-state index contributed by atoms with van der Waals surface area (Å²) in [6.45, 7) is 3.22. The maximum absolute atomic E-state index is 5.34. The van der Waals surface area contributed by atoms with Crippen LogP contribution in [0.1, 0.15) is 47.9 Å². The van der Waals surface area contributed by atoms with Crippen LogP contribution in [-0.4, -0.2) is 18.6 Å². The zero-order valence-electron chi connectivity index (χ0n) is 12.6. The third-order valence-electron chi connectivity index (χ3n) is 4.21. The van der Waals surface area contributed by atoms with Gasteiger partial charge in [0.25, 0.3) is 0 Å². The van der Waals surface area contributed by atoms with Crippen LogP contribution in [0.5, 0.6) is 5.75 Å². The van der Waals surface area contributed by atoms with Crippen molar-refractivity contribution in [2.45, 2.75) is 38.1 Å². The first-order valence-corrected chi connectivity index (χ1v) is 8.45. The van der Waals surface area contributed by atoms with Crippen LogP contribution in [0.2, 0.25) is 0 Å². The van der Waals surface area contributed by atoms with Gasteiger partial charge in [0.15, 0.2) is 0 Å². The molecule has 2 unspecified atom stereocenters. The van der Waals surface area contributed by atoms with E-state index in [-0.39, 0.29) is 0 Å². The molecule has 3 nitrogen and oxygen atoms in total. The molecule has 0 saturated carbocycles. The van der Waals surface area contributed by atoms with Crippen LogP contribution in [0.15, 0.2) is 29.8 Å². The van der Waals surface area contributed by atoms with Crippen LogP contribution in [-0.2, 0) is 6.42 Å². The van der Waals surface area contributed by atoms with Gasteiger partial charge in [-0.2, -0.15) is 0 Å². The number of rotatable bonds is 5. The number of methoxy groups -OCH3 is 1. The highest BCUT2D eigenvalue weighted by molar-refractivity contribution is 7.09. The standard InChI is InChI=1S/C17H22N2OS/c1-12(17-18-8-9-21-17)11-19-16-5-3-4-13-10-14(20-2)6-7-15(13)16/h6-10,12,16,19H,3-5,11H2,1-2H3. The molecule has 1 N–H and O–H groups in total. The lowest BCUT2D eigenvalue weighted by molar-refractivity contribution is 0.409. The van der Waals surface area contributed by atoms with Crippen molar-refractivity contribution in [2.24, 2.45) is 0 Å². The molecule has 1 aromatic carbocycles. The molecule has 0 aliphatic heterocycles. The summed E-state index contributed by atoms with van der Waals surface area (Å²) in [4.78, 5) is 4.41. The van der Waals surface area contributed by atoms with E-state index in [1.165, 1.54) is 29.0 Å². The lowest BCUT2D eigenvalue weighted by Gasteiger charge is -2.27. The molecule has 0 amide bonds. The molecule has 3 rings (SSSR count). The predicted octanol–water partition coefficient (Wildman–Crippen LogP) is 3.92. The van der Waals surface area contributed by atoms with Gasteiger partial charge >= 0.3 is 0 Å². The SMILES string of the molecule is COc1ccc2c(c1)CCCC2NCC(C)c1nccs1. The van der Waals surface area contributed by atoms with E-state index in [0.717, 1.165) is 18.7 Å². The Kier molecular flexibility index (Phi) is 4.56. The Morgan fingerprint density at radius 2 is 2.38 bits per heavy atom. The Balaban J connectivity index is 1.68. The quantitative estimate of drug-likeness (QED) is 0.909. The fourth-order valence-corrected chi connectivity index (χ4v) is 3.71. The summed E-state index contributed by atoms with van der Waals surface area (Å²) in [5.41, 5.74) is 2.87. The lowest BCUT2D eigenvalue weighted by Crippen LogP contribution is -2.28. The predicted molar refractivity (Wildman–Crippen MR) is 87.2 cm³/mol. The molecule has 1 aromatic heterocycles. The minimum Gasteiger partial charge on any atom is -0.497 e. The van der Waals surface area contributed by atoms with Crippen molar-refractivity contribution < 1.29 is 4.74 Å². The lowest BCUT2D eigenvalue weighted by atomic mass is 9.87. The van der Waals surface area contributed by atoms with E-state index in [1.807, 2.05) is 11.6 Å². The number of ether oxygens (including phenoxy) is 1. The number of nitrogens with zero attached hydrogens (tertiary/aromatic N) is 1. The third kappa shape index (κ3) is 3.27. The number of nitrogens with one attached hydrogen (secondary N) is 1. The second-order valence-corrected chi connectivity index (χ2v) is 6.62. The maximum atomic E-state index is 5.34. The topological polar surface area (TPSA) is 34.1 Å². The summed E-state index contributed by atoms with van der Waals surface area (Å²) < 4.78 is 5.34. The molecule has 2 aromatic rings. The highest BCUT2D eigenvalue weighted by Crippen LogP contribution is 2.32. The van der Waals surface area contributed by atoms with E-state index in [9.17, 15) is 0 Å². The monoisotopic (exact) mass is 302 g/mol. The van der Waals surface area contributed by atoms with E-state index in [0.29, 0.717) is 12.0 Å². The summed E-state index contributed by atoms with van der Waals surface area (Å²) in [7, 11) is 1.73. The molecule has 0 spiro atoms. The molecule has 2 atom stereocenters. The van der Waals surface area contributed by atoms with Gasteiger partial charge in [0.1, 0.15) is 5.75 Å². The number of benzene rings is 1. The minimum atomic E-state index is 0.460. The summed E-state index contributed by atoms with van der Waals surface area (Å²) in [5, 5.41) is 6.99. The molecule has 0 fully saturated rings. The summed E-state index contributed by atoms with van der Waals surface area (Å²) in [6.07, 6.45) is 5.50. The first-order valence-electron chi connectivity index (χ1n) is 7.57. The first-order chi connectivity index (χ1) is 10.3. The number of aryl methyl sites for hydroxylation is 1. The van der Waals surface area contributed by atoms with E-state index < -0.39 is 0 Å². The van der Waals surface area contributed by atoms with Crippen LogP contribution in [0.3, 0.4) is 0 Å². The highest BCUT2D eigenvalue weighted by Gasteiger charge is 2.21. The molecule has 1 aliphatic carbocycles. The molecule has 4 heteroatoms. The Morgan fingerprint density at radius 3 is 3.14 bits per heavy atom. The zero-order chi connectivity index (χ0) is 14.7. The number of hydrogen-bond acceptors (Lipinski definition) is 4. The fraction of sp³-hybridized carbons (Fsp3) is 0.471. The van der Waals surface area contributed by atoms with Crippen molar-refractivity contribution in [3.8, 4) is 5.75 Å². The van der Waals surface area contributed by atoms with Gasteiger partial charge in [-0.3, -0.25) is 0 Å². The van der Waals surface area contributed by atoms with Crippen LogP contribution in [0.25, 0.3) is 0 Å². The third-order valence-corrected chi connectivity index (χ3v) is 5.21. The van der Waals surface area contributed by atoms with Gasteiger partial charge in [0.05, 0.1) is 12.1 Å². The van der Waals surface area contributed by atoms with Gasteiger partial charge in [-0.25, -0.2) is 4.98 Å². The molecule has 0 saturated heterocycles. The van der Waals surface area contributed by atoms with Crippen molar-refractivity contribution in [3.63, 3.8) is 0 Å². The van der Waals surface area contributed by atoms with Crippen molar-refractivity contribution in [3.05, 3.63) is 45.9 Å². The number of hydrogen-bond donors (Lipinski definition) is 1. The molecule has 112 valence electrons. The fourth-order valence-electron chi connectivity index (χ4n) is 3.01. The largest absolute Gasteiger partial charge is 0.497 e. The molecular weight excluding hydrogens is 280 g/mol. The Labute approximate surface area is 130 Å². The molecule has 0 radical (unpaired) electrons. The number of fused-ring (bicyclic) bond motifs is 1. The van der Waals surface area contributed by atoms with Gasteiger partial charge in [0.2, 0.25) is 0 Å². The molecule has 0 bridgehead atoms. The van der Waals surface area contributed by atoms with Gasteiger partial charge in [-0.15, -0.1) is 11.3 Å². The number of aromatic nitrogens is 1. The average Bonchev–Trinajstić information content (AvgIpc) is 3.06. The molecular formula is C17H22N2OS. The van der Waals surface area contributed by atoms with Gasteiger partial charge in [-0.05, 0) is 42.5 Å². The van der Waals surface area contributed by atoms with E-state index in [2.05, 4.69) is 35.4 Å². The minimum absolute atomic E-state index is 0.460. The smallest absolute Gasteiger partial charge is 0.119 e. The summed E-state index contributed by atoms with van der Waals surface area (Å²) >= 11 is 1.74. The van der Waals surface area contributed by atoms with Crippen molar-refractivity contribution in [1.82, 2.24) is 10.3 Å². The Hall–Kier alpha value is -1.39.